The Kier molecular flexibility index (Phi) is 7.19. The molecule has 9 nitrogen and oxygen atoms in total. The highest BCUT2D eigenvalue weighted by atomic mass is 32.2. The summed E-state index contributed by atoms with van der Waals surface area (Å²) in [4.78, 5) is 20.0. The van der Waals surface area contributed by atoms with Crippen LogP contribution in [0.3, 0.4) is 0 Å². The first kappa shape index (κ1) is 26.1. The number of furan rings is 1. The Morgan fingerprint density at radius 3 is 2.37 bits per heavy atom. The van der Waals surface area contributed by atoms with Crippen molar-refractivity contribution in [2.24, 2.45) is 0 Å². The third-order valence-electron chi connectivity index (χ3n) is 4.70. The number of nitrogens with one attached hydrogen (secondary N) is 3. The Labute approximate surface area is 196 Å². The van der Waals surface area contributed by atoms with Crippen LogP contribution in [0.1, 0.15) is 24.3 Å². The molecule has 35 heavy (non-hydrogen) atoms. The van der Waals surface area contributed by atoms with Gasteiger partial charge in [-0.15, -0.1) is 0 Å². The number of anilines is 2. The largest absolute Gasteiger partial charge is 0.455 e. The van der Waals surface area contributed by atoms with Crippen LogP contribution in [0.25, 0.3) is 11.0 Å². The molecular weight excluding hydrogens is 501 g/mol. The fraction of sp³-hybridized carbons (Fsp3) is 0.350. The molecule has 3 N–H and O–H groups in total. The number of amides is 2. The quantitative estimate of drug-likeness (QED) is 0.400. The van der Waals surface area contributed by atoms with Gasteiger partial charge in [0.25, 0.3) is 0 Å². The molecule has 2 aromatic heterocycles. The van der Waals surface area contributed by atoms with Gasteiger partial charge in [-0.05, 0) is 19.9 Å². The number of fused-ring (bicyclic) bond motifs is 1. The van der Waals surface area contributed by atoms with E-state index in [4.69, 9.17) is 4.42 Å². The average Bonchev–Trinajstić information content (AvgIpc) is 3.02. The number of carbonyl (C=O) groups excluding carboxylic acids is 1. The van der Waals surface area contributed by atoms with Crippen molar-refractivity contribution in [3.63, 3.8) is 0 Å². The topological polar surface area (TPSA) is 126 Å². The summed E-state index contributed by atoms with van der Waals surface area (Å²) in [5, 5.41) is 6.37. The van der Waals surface area contributed by atoms with Crippen molar-refractivity contribution < 1.29 is 39.6 Å². The number of benzene rings is 1. The number of nitrogens with zero attached hydrogens (tertiary/aromatic N) is 2. The predicted octanol–water partition coefficient (Wildman–Crippen LogP) is 4.08. The minimum absolute atomic E-state index is 0.0347. The van der Waals surface area contributed by atoms with E-state index < -0.39 is 57.1 Å². The first-order chi connectivity index (χ1) is 16.1. The van der Waals surface area contributed by atoms with Crippen molar-refractivity contribution in [3.8, 4) is 0 Å². The SMILES string of the molecule is Cc1c([C@@H](NC(=O)Nc2cnc(N[C@@H](C)CS(C)(=O)=O)nc2)C(F)(F)F)oc2c(F)cc(F)cc12. The minimum atomic E-state index is -5.04. The zero-order valence-electron chi connectivity index (χ0n) is 18.5. The van der Waals surface area contributed by atoms with Crippen molar-refractivity contribution in [1.82, 2.24) is 15.3 Å². The van der Waals surface area contributed by atoms with Gasteiger partial charge in [0.1, 0.15) is 21.4 Å². The molecule has 2 amide bonds. The third-order valence-corrected chi connectivity index (χ3v) is 5.80. The van der Waals surface area contributed by atoms with E-state index in [1.54, 1.807) is 12.2 Å². The van der Waals surface area contributed by atoms with E-state index in [2.05, 4.69) is 20.6 Å². The lowest BCUT2D eigenvalue weighted by Gasteiger charge is -2.20. The standard InChI is InChI=1S/C20H20F5N5O4S/c1-9(8-35(3,32)33)28-18-26-6-12(7-27-18)29-19(31)30-17(20(23,24)25)15-10(2)13-4-11(21)5-14(22)16(13)34-15/h4-7,9,17H,8H2,1-3H3,(H,26,27,28)(H2,29,30,31)/t9-,17+/m0/s1. The summed E-state index contributed by atoms with van der Waals surface area (Å²) in [6.07, 6.45) is -1.79. The van der Waals surface area contributed by atoms with Gasteiger partial charge >= 0.3 is 12.2 Å². The molecule has 0 saturated heterocycles. The Bertz CT molecular complexity index is 1340. The third kappa shape index (κ3) is 6.55. The van der Waals surface area contributed by atoms with Crippen LogP contribution in [0.2, 0.25) is 0 Å². The van der Waals surface area contributed by atoms with Crippen molar-refractivity contribution >= 4 is 38.5 Å². The maximum absolute atomic E-state index is 14.0. The summed E-state index contributed by atoms with van der Waals surface area (Å²) in [7, 11) is -3.25. The Balaban J connectivity index is 1.75. The molecule has 190 valence electrons. The van der Waals surface area contributed by atoms with Gasteiger partial charge in [0.15, 0.2) is 17.4 Å². The molecule has 3 rings (SSSR count). The van der Waals surface area contributed by atoms with E-state index in [1.165, 1.54) is 6.92 Å². The Hall–Kier alpha value is -3.49. The lowest BCUT2D eigenvalue weighted by atomic mass is 10.1. The van der Waals surface area contributed by atoms with Crippen molar-refractivity contribution in [2.45, 2.75) is 32.1 Å². The number of sulfone groups is 1. The van der Waals surface area contributed by atoms with Gasteiger partial charge in [-0.25, -0.2) is 32.0 Å². The van der Waals surface area contributed by atoms with Gasteiger partial charge < -0.3 is 20.4 Å². The zero-order valence-corrected chi connectivity index (χ0v) is 19.3. The first-order valence-electron chi connectivity index (χ1n) is 9.92. The fourth-order valence-corrected chi connectivity index (χ4v) is 4.31. The number of alkyl halides is 3. The zero-order chi connectivity index (χ0) is 26.1. The monoisotopic (exact) mass is 521 g/mol. The molecule has 0 aliphatic rings. The second kappa shape index (κ2) is 9.64. The van der Waals surface area contributed by atoms with Gasteiger partial charge in [0.05, 0.1) is 23.8 Å². The molecule has 0 saturated carbocycles. The molecule has 0 spiro atoms. The Morgan fingerprint density at radius 2 is 1.80 bits per heavy atom. The van der Waals surface area contributed by atoms with Gasteiger partial charge in [0.2, 0.25) is 5.95 Å². The lowest BCUT2D eigenvalue weighted by Crippen LogP contribution is -2.40. The molecule has 0 unspecified atom stereocenters. The van der Waals surface area contributed by atoms with Crippen molar-refractivity contribution in [2.75, 3.05) is 22.6 Å². The van der Waals surface area contributed by atoms with E-state index in [1.807, 2.05) is 0 Å². The van der Waals surface area contributed by atoms with Crippen LogP contribution < -0.4 is 16.0 Å². The van der Waals surface area contributed by atoms with Crippen LogP contribution in [0, 0.1) is 18.6 Å². The van der Waals surface area contributed by atoms with Crippen LogP contribution in [0.5, 0.6) is 0 Å². The second-order valence-corrected chi connectivity index (χ2v) is 10.0. The van der Waals surface area contributed by atoms with Crippen LogP contribution >= 0.6 is 0 Å². The predicted molar refractivity (Wildman–Crippen MR) is 117 cm³/mol. The number of rotatable bonds is 7. The Morgan fingerprint density at radius 1 is 1.17 bits per heavy atom. The smallest absolute Gasteiger partial charge is 0.416 e. The van der Waals surface area contributed by atoms with Gasteiger partial charge in [-0.2, -0.15) is 13.2 Å². The maximum Gasteiger partial charge on any atom is 0.416 e. The molecular formula is C20H20F5N5O4S. The molecule has 0 bridgehead atoms. The molecule has 15 heteroatoms. The summed E-state index contributed by atoms with van der Waals surface area (Å²) in [5.41, 5.74) is -0.834. The van der Waals surface area contributed by atoms with E-state index in [-0.39, 0.29) is 28.3 Å². The number of halogens is 5. The second-order valence-electron chi connectivity index (χ2n) is 7.86. The summed E-state index contributed by atoms with van der Waals surface area (Å²) >= 11 is 0. The molecule has 0 fully saturated rings. The molecule has 0 aliphatic carbocycles. The molecule has 0 aliphatic heterocycles. The summed E-state index contributed by atoms with van der Waals surface area (Å²) in [6, 6.07) is -3.19. The van der Waals surface area contributed by atoms with Gasteiger partial charge in [0, 0.05) is 29.3 Å². The van der Waals surface area contributed by atoms with E-state index in [0.717, 1.165) is 24.7 Å². The van der Waals surface area contributed by atoms with E-state index >= 15 is 0 Å². The maximum atomic E-state index is 14.0. The highest BCUT2D eigenvalue weighted by molar-refractivity contribution is 7.90. The van der Waals surface area contributed by atoms with Crippen LogP contribution in [0.4, 0.5) is 38.4 Å². The first-order valence-corrected chi connectivity index (χ1v) is 12.0. The van der Waals surface area contributed by atoms with Crippen molar-refractivity contribution in [1.29, 1.82) is 0 Å². The summed E-state index contributed by atoms with van der Waals surface area (Å²) in [6.45, 7) is 2.77. The average molecular weight is 521 g/mol. The van der Waals surface area contributed by atoms with Gasteiger partial charge in [-0.3, -0.25) is 0 Å². The summed E-state index contributed by atoms with van der Waals surface area (Å²) < 4.78 is 96.4. The molecule has 1 aromatic carbocycles. The number of aromatic nitrogens is 2. The highest BCUT2D eigenvalue weighted by Crippen LogP contribution is 2.39. The van der Waals surface area contributed by atoms with Crippen LogP contribution in [-0.4, -0.2) is 48.6 Å². The molecule has 2 heterocycles. The van der Waals surface area contributed by atoms with E-state index in [9.17, 15) is 35.2 Å². The molecule has 3 aromatic rings. The fourth-order valence-electron chi connectivity index (χ4n) is 3.31. The number of carbonyl (C=O) groups is 1. The highest BCUT2D eigenvalue weighted by Gasteiger charge is 2.45. The normalized spacial score (nSPS) is 13.9. The molecule has 0 radical (unpaired) electrons. The minimum Gasteiger partial charge on any atom is -0.455 e. The summed E-state index contributed by atoms with van der Waals surface area (Å²) in [5.74, 6) is -3.13. The van der Waals surface area contributed by atoms with Crippen LogP contribution in [-0.2, 0) is 9.84 Å². The number of aryl methyl sites for hydroxylation is 1. The van der Waals surface area contributed by atoms with Gasteiger partial charge in [-0.1, -0.05) is 0 Å². The molecule has 2 atom stereocenters. The number of urea groups is 1. The van der Waals surface area contributed by atoms with E-state index in [0.29, 0.717) is 6.07 Å². The van der Waals surface area contributed by atoms with Crippen molar-refractivity contribution in [3.05, 3.63) is 47.5 Å². The number of hydrogen-bond donors (Lipinski definition) is 3. The lowest BCUT2D eigenvalue weighted by molar-refractivity contribution is -0.158. The number of hydrogen-bond acceptors (Lipinski definition) is 7. The van der Waals surface area contributed by atoms with Crippen LogP contribution in [0.15, 0.2) is 28.9 Å².